The first kappa shape index (κ1) is 17.2. The van der Waals surface area contributed by atoms with Crippen molar-refractivity contribution in [3.05, 3.63) is 65.0 Å². The monoisotopic (exact) mass is 336 g/mol. The van der Waals surface area contributed by atoms with Gasteiger partial charge in [0.15, 0.2) is 5.75 Å². The van der Waals surface area contributed by atoms with Gasteiger partial charge in [0, 0.05) is 5.56 Å². The maximum absolute atomic E-state index is 14.3. The topological polar surface area (TPSA) is 63.6 Å². The molecule has 0 spiro atoms. The Bertz CT molecular complexity index is 812. The van der Waals surface area contributed by atoms with E-state index in [2.05, 4.69) is 4.18 Å². The highest BCUT2D eigenvalue weighted by Gasteiger charge is 2.19. The number of hydrogen-bond acceptors (Lipinski definition) is 3. The van der Waals surface area contributed by atoms with Crippen LogP contribution < -0.4 is 4.18 Å². The molecule has 0 radical (unpaired) electrons. The molecule has 0 heterocycles. The van der Waals surface area contributed by atoms with Gasteiger partial charge in [0.2, 0.25) is 0 Å². The van der Waals surface area contributed by atoms with Crippen molar-refractivity contribution < 1.29 is 21.5 Å². The molecule has 122 valence electrons. The van der Waals surface area contributed by atoms with E-state index in [4.69, 9.17) is 4.55 Å². The summed E-state index contributed by atoms with van der Waals surface area (Å²) < 4.78 is 49.6. The molecule has 0 saturated heterocycles. The highest BCUT2D eigenvalue weighted by molar-refractivity contribution is 7.81. The van der Waals surface area contributed by atoms with Crippen molar-refractivity contribution in [2.24, 2.45) is 0 Å². The van der Waals surface area contributed by atoms with Crippen molar-refractivity contribution in [1.82, 2.24) is 0 Å². The fourth-order valence-corrected chi connectivity index (χ4v) is 2.57. The Labute approximate surface area is 135 Å². The molecule has 2 aromatic rings. The average Bonchev–Trinajstić information content (AvgIpc) is 2.43. The Hall–Kier alpha value is -2.18. The first-order chi connectivity index (χ1) is 10.8. The van der Waals surface area contributed by atoms with E-state index in [-0.39, 0.29) is 17.2 Å². The van der Waals surface area contributed by atoms with Crippen LogP contribution in [0.1, 0.15) is 36.5 Å². The van der Waals surface area contributed by atoms with E-state index in [1.807, 2.05) is 30.3 Å². The molecular formula is C17H17FO4S. The molecule has 6 heteroatoms. The molecule has 0 aromatic heterocycles. The molecule has 0 saturated carbocycles. The van der Waals surface area contributed by atoms with Gasteiger partial charge < -0.3 is 4.18 Å². The Morgan fingerprint density at radius 2 is 1.70 bits per heavy atom. The van der Waals surface area contributed by atoms with Gasteiger partial charge in [0.05, 0.1) is 0 Å². The minimum atomic E-state index is -4.72. The van der Waals surface area contributed by atoms with E-state index >= 15 is 0 Å². The number of rotatable bonds is 5. The van der Waals surface area contributed by atoms with Crippen molar-refractivity contribution in [2.75, 3.05) is 0 Å². The summed E-state index contributed by atoms with van der Waals surface area (Å²) in [5.41, 5.74) is 1.44. The predicted molar refractivity (Wildman–Crippen MR) is 88.0 cm³/mol. The summed E-state index contributed by atoms with van der Waals surface area (Å²) in [5.74, 6) is -1.11. The van der Waals surface area contributed by atoms with Gasteiger partial charge in [-0.2, -0.15) is 8.42 Å². The van der Waals surface area contributed by atoms with Crippen LogP contribution in [0.2, 0.25) is 0 Å². The molecule has 0 fully saturated rings. The lowest BCUT2D eigenvalue weighted by Gasteiger charge is -2.14. The Morgan fingerprint density at radius 3 is 2.26 bits per heavy atom. The van der Waals surface area contributed by atoms with Crippen LogP contribution in [0.5, 0.6) is 5.75 Å². The Morgan fingerprint density at radius 1 is 1.09 bits per heavy atom. The van der Waals surface area contributed by atoms with Crippen LogP contribution in [0.3, 0.4) is 0 Å². The predicted octanol–water partition coefficient (Wildman–Crippen LogP) is 4.30. The van der Waals surface area contributed by atoms with E-state index in [0.29, 0.717) is 5.56 Å². The minimum absolute atomic E-state index is 0.0967. The highest BCUT2D eigenvalue weighted by atomic mass is 32.3. The molecule has 0 amide bonds. The fourth-order valence-electron chi connectivity index (χ4n) is 2.21. The summed E-state index contributed by atoms with van der Waals surface area (Å²) in [6.07, 6.45) is 3.40. The van der Waals surface area contributed by atoms with Gasteiger partial charge in [-0.1, -0.05) is 56.3 Å². The van der Waals surface area contributed by atoms with Gasteiger partial charge in [-0.3, -0.25) is 4.55 Å². The summed E-state index contributed by atoms with van der Waals surface area (Å²) in [7, 11) is -4.72. The third-order valence-corrected chi connectivity index (χ3v) is 3.54. The average molecular weight is 336 g/mol. The van der Waals surface area contributed by atoms with E-state index in [0.717, 1.165) is 5.56 Å². The molecule has 0 aliphatic heterocycles. The molecule has 0 aliphatic rings. The number of hydrogen-bond donors (Lipinski definition) is 1. The lowest BCUT2D eigenvalue weighted by Crippen LogP contribution is -2.10. The SMILES string of the molecule is CC(C)c1c(F)cc(/C=C/c2ccccc2)cc1OS(=O)(=O)O. The van der Waals surface area contributed by atoms with Crippen LogP contribution in [0.4, 0.5) is 4.39 Å². The van der Waals surface area contributed by atoms with Crippen LogP contribution >= 0.6 is 0 Å². The first-order valence-corrected chi connectivity index (χ1v) is 8.36. The second-order valence-electron chi connectivity index (χ2n) is 5.32. The zero-order chi connectivity index (χ0) is 17.0. The van der Waals surface area contributed by atoms with Gasteiger partial charge in [0.25, 0.3) is 0 Å². The van der Waals surface area contributed by atoms with E-state index in [1.54, 1.807) is 26.0 Å². The summed E-state index contributed by atoms with van der Waals surface area (Å²) in [5, 5.41) is 0. The van der Waals surface area contributed by atoms with Gasteiger partial charge in [-0.05, 0) is 29.2 Å². The minimum Gasteiger partial charge on any atom is -0.361 e. The normalized spacial score (nSPS) is 12.0. The van der Waals surface area contributed by atoms with Gasteiger partial charge in [-0.15, -0.1) is 0 Å². The maximum atomic E-state index is 14.3. The molecule has 2 rings (SSSR count). The second kappa shape index (κ2) is 6.93. The smallest absolute Gasteiger partial charge is 0.361 e. The Balaban J connectivity index is 2.44. The molecule has 1 N–H and O–H groups in total. The first-order valence-electron chi connectivity index (χ1n) is 7.00. The van der Waals surface area contributed by atoms with Crippen molar-refractivity contribution in [3.63, 3.8) is 0 Å². The van der Waals surface area contributed by atoms with Crippen molar-refractivity contribution in [3.8, 4) is 5.75 Å². The zero-order valence-corrected chi connectivity index (χ0v) is 13.5. The molecule has 0 bridgehead atoms. The molecule has 2 aromatic carbocycles. The number of benzene rings is 2. The summed E-state index contributed by atoms with van der Waals surface area (Å²) in [6.45, 7) is 3.41. The van der Waals surface area contributed by atoms with Gasteiger partial charge in [0.1, 0.15) is 5.82 Å². The van der Waals surface area contributed by atoms with Crippen LogP contribution in [0.15, 0.2) is 42.5 Å². The van der Waals surface area contributed by atoms with Crippen LogP contribution in [-0.4, -0.2) is 13.0 Å². The van der Waals surface area contributed by atoms with Gasteiger partial charge >= 0.3 is 10.4 Å². The lowest BCUT2D eigenvalue weighted by atomic mass is 9.99. The summed E-state index contributed by atoms with van der Waals surface area (Å²) >= 11 is 0. The van der Waals surface area contributed by atoms with Crippen LogP contribution in [-0.2, 0) is 10.4 Å². The van der Waals surface area contributed by atoms with E-state index in [1.165, 1.54) is 12.1 Å². The van der Waals surface area contributed by atoms with E-state index in [9.17, 15) is 12.8 Å². The molecule has 0 aliphatic carbocycles. The van der Waals surface area contributed by atoms with Crippen molar-refractivity contribution >= 4 is 22.6 Å². The summed E-state index contributed by atoms with van der Waals surface area (Å²) in [6, 6.07) is 12.1. The van der Waals surface area contributed by atoms with Crippen molar-refractivity contribution in [2.45, 2.75) is 19.8 Å². The highest BCUT2D eigenvalue weighted by Crippen LogP contribution is 2.32. The Kier molecular flexibility index (Phi) is 5.18. The lowest BCUT2D eigenvalue weighted by molar-refractivity contribution is 0.383. The fraction of sp³-hybridized carbons (Fsp3) is 0.176. The maximum Gasteiger partial charge on any atom is 0.446 e. The van der Waals surface area contributed by atoms with Crippen LogP contribution in [0, 0.1) is 5.82 Å². The second-order valence-corrected chi connectivity index (χ2v) is 6.35. The largest absolute Gasteiger partial charge is 0.446 e. The molecule has 23 heavy (non-hydrogen) atoms. The third-order valence-electron chi connectivity index (χ3n) is 3.15. The van der Waals surface area contributed by atoms with Crippen molar-refractivity contribution in [1.29, 1.82) is 0 Å². The van der Waals surface area contributed by atoms with Crippen LogP contribution in [0.25, 0.3) is 12.2 Å². The zero-order valence-electron chi connectivity index (χ0n) is 12.7. The molecular weight excluding hydrogens is 319 g/mol. The quantitative estimate of drug-likeness (QED) is 0.653. The summed E-state index contributed by atoms with van der Waals surface area (Å²) in [4.78, 5) is 0. The standard InChI is InChI=1S/C17H17FO4S/c1-12(2)17-15(18)10-14(11-16(17)22-23(19,20)21)9-8-13-6-4-3-5-7-13/h3-12H,1-2H3,(H,19,20,21)/b9-8+. The van der Waals surface area contributed by atoms with E-state index < -0.39 is 16.2 Å². The molecule has 0 atom stereocenters. The molecule has 4 nitrogen and oxygen atoms in total. The van der Waals surface area contributed by atoms with Gasteiger partial charge in [-0.25, -0.2) is 4.39 Å². The molecule has 0 unspecified atom stereocenters. The third kappa shape index (κ3) is 4.91. The number of halogens is 1.